The third-order valence-electron chi connectivity index (χ3n) is 30.9. The Hall–Kier alpha value is -18.3. The first-order chi connectivity index (χ1) is 71.4. The third kappa shape index (κ3) is 13.9. The van der Waals surface area contributed by atoms with E-state index in [0.717, 1.165) is 34.1 Å². The van der Waals surface area contributed by atoms with Gasteiger partial charge in [0.25, 0.3) is 0 Å². The highest BCUT2D eigenvalue weighted by atomic mass is 15.1. The van der Waals surface area contributed by atoms with Crippen LogP contribution in [0.3, 0.4) is 0 Å². The maximum Gasteiger partial charge on any atom is 0.0720 e. The van der Waals surface area contributed by atoms with Crippen LogP contribution < -0.4 is 9.80 Å². The molecule has 4 aliphatic carbocycles. The molecule has 2 nitrogen and oxygen atoms in total. The molecule has 0 saturated carbocycles. The van der Waals surface area contributed by atoms with Crippen molar-refractivity contribution in [3.8, 4) is 100 Å². The third-order valence-corrected chi connectivity index (χ3v) is 30.9. The van der Waals surface area contributed by atoms with Crippen LogP contribution in [0.5, 0.6) is 0 Å². The lowest BCUT2D eigenvalue weighted by Gasteiger charge is -2.50. The minimum atomic E-state index is -0.550. The lowest BCUT2D eigenvalue weighted by atomic mass is 9.51. The van der Waals surface area contributed by atoms with Crippen LogP contribution in [0.15, 0.2) is 595 Å². The molecule has 27 rings (SSSR count). The summed E-state index contributed by atoms with van der Waals surface area (Å²) in [4.78, 5) is 4.68. The Morgan fingerprint density at radius 3 is 0.500 bits per heavy atom. The van der Waals surface area contributed by atoms with Crippen molar-refractivity contribution in [2.24, 2.45) is 0 Å². The number of hydrogen-bond acceptors (Lipinski definition) is 2. The molecule has 0 fully saturated rings. The van der Waals surface area contributed by atoms with Crippen molar-refractivity contribution in [2.75, 3.05) is 9.80 Å². The van der Waals surface area contributed by atoms with Gasteiger partial charge in [0.05, 0.1) is 21.7 Å². The molecule has 0 N–H and O–H groups in total. The number of nitrogens with zero attached hydrogens (tertiary/aromatic N) is 2. The lowest BCUT2D eigenvalue weighted by Crippen LogP contribution is -2.44. The summed E-state index contributed by atoms with van der Waals surface area (Å²) in [6.07, 6.45) is 0. The summed E-state index contributed by atoms with van der Waals surface area (Å²) in [6, 6.07) is 220. The number of para-hydroxylation sites is 1. The molecule has 0 saturated heterocycles. The van der Waals surface area contributed by atoms with Crippen molar-refractivity contribution in [3.05, 3.63) is 684 Å². The van der Waals surface area contributed by atoms with Gasteiger partial charge in [-0.1, -0.05) is 522 Å². The Bertz CT molecular complexity index is 8370. The summed E-state index contributed by atoms with van der Waals surface area (Å²) in [5.41, 5.74) is 47.4. The maximum absolute atomic E-state index is 2.41. The van der Waals surface area contributed by atoms with E-state index in [4.69, 9.17) is 0 Å². The molecule has 0 aromatic heterocycles. The molecule has 676 valence electrons. The molecule has 23 aromatic carbocycles. The molecule has 0 atom stereocenters. The fraction of sp³-hybridized carbons (Fsp3) is 0.0282. The Balaban J connectivity index is 0.000000147. The summed E-state index contributed by atoms with van der Waals surface area (Å²) >= 11 is 0. The second-order valence-electron chi connectivity index (χ2n) is 38.2. The lowest BCUT2D eigenvalue weighted by molar-refractivity contribution is 0.623. The normalized spacial score (nSPS) is 13.4. The van der Waals surface area contributed by atoms with E-state index in [9.17, 15) is 0 Å². The van der Waals surface area contributed by atoms with Crippen molar-refractivity contribution in [2.45, 2.75) is 21.7 Å². The van der Waals surface area contributed by atoms with E-state index < -0.39 is 21.7 Å². The van der Waals surface area contributed by atoms with Crippen molar-refractivity contribution >= 4 is 34.1 Å². The van der Waals surface area contributed by atoms with Crippen LogP contribution in [0, 0.1) is 0 Å². The van der Waals surface area contributed by atoms with Crippen LogP contribution in [-0.2, 0) is 21.7 Å². The minimum absolute atomic E-state index is 0.529. The first-order valence-electron chi connectivity index (χ1n) is 50.1. The molecular weight excluding hydrogens is 1730 g/mol. The van der Waals surface area contributed by atoms with Gasteiger partial charge in [-0.05, 0) is 262 Å². The molecule has 4 aliphatic rings. The molecule has 0 heterocycles. The quantitative estimate of drug-likeness (QED) is 0.0896. The second kappa shape index (κ2) is 36.1. The first-order valence-corrected chi connectivity index (χ1v) is 50.1. The van der Waals surface area contributed by atoms with E-state index in [-0.39, 0.29) is 0 Å². The van der Waals surface area contributed by atoms with Crippen LogP contribution in [0.25, 0.3) is 100 Å². The van der Waals surface area contributed by atoms with E-state index in [1.54, 1.807) is 0 Å². The number of anilines is 6. The Kier molecular flexibility index (Phi) is 21.6. The van der Waals surface area contributed by atoms with Gasteiger partial charge in [-0.3, -0.25) is 0 Å². The van der Waals surface area contributed by atoms with E-state index in [1.165, 1.54) is 189 Å². The first kappa shape index (κ1) is 86.0. The summed E-state index contributed by atoms with van der Waals surface area (Å²) in [7, 11) is 0. The van der Waals surface area contributed by atoms with Gasteiger partial charge in [0.1, 0.15) is 0 Å². The SMILES string of the molecule is c1ccc(-c2ccc(N(c3ccc(-c4ccccc4)cc3)c3ccc(-c4ccc(-c5cccc6c5-c5ccccc5C65c6ccccc6C(c6ccccc6)(c6ccccc6)c6ccccc65)cc4)cc3)cc2)cc1.c1ccc(-c2ccc(N(c3ccccc3)c3ccc(-c4ccc(-c5cccc6c5-c5ccccc5C65c6ccccc6C(c6ccccc6)(c6ccccc6)c6ccccc65)cc4)cc3)cc2)cc1. The van der Waals surface area contributed by atoms with E-state index in [1.807, 2.05) is 0 Å². The predicted molar refractivity (Wildman–Crippen MR) is 599 cm³/mol. The Morgan fingerprint density at radius 1 is 0.0972 bits per heavy atom. The fourth-order valence-corrected chi connectivity index (χ4v) is 24.8. The highest BCUT2D eigenvalue weighted by Crippen LogP contribution is 2.68. The van der Waals surface area contributed by atoms with Gasteiger partial charge >= 0.3 is 0 Å². The minimum Gasteiger partial charge on any atom is -0.311 e. The van der Waals surface area contributed by atoms with E-state index in [0.29, 0.717) is 0 Å². The smallest absolute Gasteiger partial charge is 0.0720 e. The molecule has 0 bridgehead atoms. The number of fused-ring (bicyclic) bond motifs is 18. The van der Waals surface area contributed by atoms with Gasteiger partial charge in [-0.25, -0.2) is 0 Å². The Labute approximate surface area is 843 Å². The van der Waals surface area contributed by atoms with Gasteiger partial charge < -0.3 is 9.80 Å². The van der Waals surface area contributed by atoms with Gasteiger partial charge in [0, 0.05) is 34.1 Å². The van der Waals surface area contributed by atoms with Gasteiger partial charge in [-0.2, -0.15) is 0 Å². The standard InChI is InChI=1S/C74H51N.C68H47N/c1-5-20-52(21-6-1)55-40-46-61(47-41-55)75(62-48-42-56(43-49-62)53-22-7-2-8-23-53)63-50-44-57(45-51-63)54-36-38-58(39-37-54)64-29-19-35-71-72(64)65-28-13-14-30-66(65)74(71)69-33-17-15-31-67(69)73(59-24-9-3-10-25-59,60-26-11-4-12-27-60)68-32-16-18-34-70(68)74;1-5-20-48(21-6-1)50-40-44-56(45-41-50)69(55-26-11-4-12-27-55)57-46-42-51(43-47-57)49-36-38-52(39-37-49)58-29-19-35-65-66(58)59-28-13-14-30-60(59)68(65)63-33-17-15-31-61(63)67(53-22-7-2-8-23-53,54-24-9-3-10-25-54)62-32-16-18-34-64(62)68/h1-51H;1-47H. The predicted octanol–water partition coefficient (Wildman–Crippen LogP) is 36.1. The van der Waals surface area contributed by atoms with Crippen LogP contribution in [0.4, 0.5) is 34.1 Å². The molecule has 0 aliphatic heterocycles. The molecule has 144 heavy (non-hydrogen) atoms. The topological polar surface area (TPSA) is 6.48 Å². The van der Waals surface area contributed by atoms with E-state index >= 15 is 0 Å². The van der Waals surface area contributed by atoms with Crippen molar-refractivity contribution in [1.82, 2.24) is 0 Å². The van der Waals surface area contributed by atoms with Crippen molar-refractivity contribution < 1.29 is 0 Å². The average molecular weight is 1830 g/mol. The van der Waals surface area contributed by atoms with E-state index in [2.05, 4.69) is 604 Å². The van der Waals surface area contributed by atoms with Gasteiger partial charge in [0.15, 0.2) is 0 Å². The number of benzene rings is 23. The molecule has 2 heteroatoms. The summed E-state index contributed by atoms with van der Waals surface area (Å²) in [6.45, 7) is 0. The highest BCUT2D eigenvalue weighted by molar-refractivity contribution is 6.00. The molecule has 0 unspecified atom stereocenters. The van der Waals surface area contributed by atoms with Crippen LogP contribution >= 0.6 is 0 Å². The monoisotopic (exact) mass is 1830 g/mol. The molecular formula is C142H98N2. The van der Waals surface area contributed by atoms with Crippen LogP contribution in [0.1, 0.15) is 89.0 Å². The summed E-state index contributed by atoms with van der Waals surface area (Å²) in [5.74, 6) is 0. The van der Waals surface area contributed by atoms with Crippen molar-refractivity contribution in [1.29, 1.82) is 0 Å². The van der Waals surface area contributed by atoms with Crippen LogP contribution in [-0.4, -0.2) is 0 Å². The number of hydrogen-bond donors (Lipinski definition) is 0. The second-order valence-corrected chi connectivity index (χ2v) is 38.2. The van der Waals surface area contributed by atoms with Gasteiger partial charge in [0.2, 0.25) is 0 Å². The number of rotatable bonds is 17. The summed E-state index contributed by atoms with van der Waals surface area (Å²) < 4.78 is 0. The van der Waals surface area contributed by atoms with Gasteiger partial charge in [-0.15, -0.1) is 0 Å². The fourth-order valence-electron chi connectivity index (χ4n) is 24.8. The zero-order chi connectivity index (χ0) is 95.5. The average Bonchev–Trinajstić information content (AvgIpc) is 1.45. The highest BCUT2D eigenvalue weighted by Gasteiger charge is 2.59. The molecule has 23 aromatic rings. The molecule has 2 spiro atoms. The summed E-state index contributed by atoms with van der Waals surface area (Å²) in [5, 5.41) is 0. The zero-order valence-corrected chi connectivity index (χ0v) is 79.5. The Morgan fingerprint density at radius 2 is 0.257 bits per heavy atom. The molecule has 0 amide bonds. The zero-order valence-electron chi connectivity index (χ0n) is 79.5. The largest absolute Gasteiger partial charge is 0.311 e. The maximum atomic E-state index is 2.41. The van der Waals surface area contributed by atoms with Crippen LogP contribution in [0.2, 0.25) is 0 Å². The van der Waals surface area contributed by atoms with Crippen molar-refractivity contribution in [3.63, 3.8) is 0 Å². The molecule has 0 radical (unpaired) electrons.